The number of piperidine rings is 1. The molecule has 0 spiro atoms. The summed E-state index contributed by atoms with van der Waals surface area (Å²) in [5.74, 6) is 1.01. The molecule has 2 aliphatic heterocycles. The highest BCUT2D eigenvalue weighted by Gasteiger charge is 2.32. The summed E-state index contributed by atoms with van der Waals surface area (Å²) in [7, 11) is 0. The molecule has 1 aliphatic carbocycles. The summed E-state index contributed by atoms with van der Waals surface area (Å²) in [5.41, 5.74) is 0. The maximum Gasteiger partial charge on any atom is 0.0223 e. The molecule has 0 amide bonds. The first-order valence-electron chi connectivity index (χ1n) is 8.02. The average Bonchev–Trinajstić information content (AvgIpc) is 3.19. The van der Waals surface area contributed by atoms with E-state index in [-0.39, 0.29) is 0 Å². The van der Waals surface area contributed by atoms with Crippen LogP contribution in [0.5, 0.6) is 0 Å². The van der Waals surface area contributed by atoms with Crippen molar-refractivity contribution in [3.8, 4) is 0 Å². The average molecular weight is 251 g/mol. The van der Waals surface area contributed by atoms with Crippen molar-refractivity contribution in [2.24, 2.45) is 5.92 Å². The van der Waals surface area contributed by atoms with Gasteiger partial charge in [0.1, 0.15) is 0 Å². The monoisotopic (exact) mass is 251 g/mol. The molecule has 18 heavy (non-hydrogen) atoms. The van der Waals surface area contributed by atoms with E-state index < -0.39 is 0 Å². The quantitative estimate of drug-likeness (QED) is 0.748. The largest absolute Gasteiger partial charge is 0.315 e. The number of hydrogen-bond acceptors (Lipinski definition) is 3. The van der Waals surface area contributed by atoms with Crippen molar-refractivity contribution in [3.05, 3.63) is 0 Å². The molecule has 2 unspecified atom stereocenters. The molecule has 2 atom stereocenters. The maximum atomic E-state index is 3.63. The number of hydrogen-bond donors (Lipinski definition) is 1. The van der Waals surface area contributed by atoms with Crippen LogP contribution in [0.1, 0.15) is 39.0 Å². The van der Waals surface area contributed by atoms with E-state index in [1.165, 1.54) is 71.4 Å². The van der Waals surface area contributed by atoms with Crippen LogP contribution in [-0.4, -0.2) is 61.2 Å². The van der Waals surface area contributed by atoms with E-state index >= 15 is 0 Å². The zero-order valence-electron chi connectivity index (χ0n) is 11.9. The molecule has 1 saturated carbocycles. The summed E-state index contributed by atoms with van der Waals surface area (Å²) in [6.07, 6.45) is 7.22. The van der Waals surface area contributed by atoms with Crippen LogP contribution in [0.25, 0.3) is 0 Å². The molecule has 0 aromatic carbocycles. The van der Waals surface area contributed by atoms with Gasteiger partial charge in [-0.25, -0.2) is 0 Å². The normalized spacial score (nSPS) is 34.5. The molecule has 3 rings (SSSR count). The van der Waals surface area contributed by atoms with Gasteiger partial charge in [0.2, 0.25) is 0 Å². The van der Waals surface area contributed by atoms with E-state index in [2.05, 4.69) is 22.0 Å². The first-order chi connectivity index (χ1) is 8.83. The van der Waals surface area contributed by atoms with Crippen LogP contribution in [0, 0.1) is 5.92 Å². The van der Waals surface area contributed by atoms with Gasteiger partial charge in [0.25, 0.3) is 0 Å². The van der Waals surface area contributed by atoms with Crippen LogP contribution in [0.3, 0.4) is 0 Å². The lowest BCUT2D eigenvalue weighted by molar-refractivity contribution is 0.0160. The van der Waals surface area contributed by atoms with Crippen molar-refractivity contribution in [3.63, 3.8) is 0 Å². The first kappa shape index (κ1) is 12.9. The maximum absolute atomic E-state index is 3.63. The summed E-state index contributed by atoms with van der Waals surface area (Å²) in [6, 6.07) is 1.61. The lowest BCUT2D eigenvalue weighted by Gasteiger charge is -2.47. The predicted molar refractivity (Wildman–Crippen MR) is 75.8 cm³/mol. The number of rotatable bonds is 5. The Hall–Kier alpha value is -0.120. The fourth-order valence-corrected chi connectivity index (χ4v) is 3.58. The Kier molecular flexibility index (Phi) is 4.22. The highest BCUT2D eigenvalue weighted by Crippen LogP contribution is 2.27. The number of nitrogens with one attached hydrogen (secondary N) is 1. The third-order valence-electron chi connectivity index (χ3n) is 5.02. The molecular weight excluding hydrogens is 222 g/mol. The predicted octanol–water partition coefficient (Wildman–Crippen LogP) is 1.54. The Bertz CT molecular complexity index is 264. The summed E-state index contributed by atoms with van der Waals surface area (Å²) >= 11 is 0. The van der Waals surface area contributed by atoms with E-state index in [4.69, 9.17) is 0 Å². The van der Waals surface area contributed by atoms with Gasteiger partial charge in [-0.2, -0.15) is 0 Å². The van der Waals surface area contributed by atoms with E-state index in [0.717, 1.165) is 18.0 Å². The van der Waals surface area contributed by atoms with Crippen molar-refractivity contribution >= 4 is 0 Å². The van der Waals surface area contributed by atoms with Crippen LogP contribution in [0.15, 0.2) is 0 Å². The molecule has 3 aliphatic rings. The smallest absolute Gasteiger partial charge is 0.0223 e. The molecule has 2 heterocycles. The molecule has 1 N–H and O–H groups in total. The first-order valence-corrected chi connectivity index (χ1v) is 8.02. The van der Waals surface area contributed by atoms with E-state index in [9.17, 15) is 0 Å². The van der Waals surface area contributed by atoms with Gasteiger partial charge in [0, 0.05) is 38.3 Å². The molecule has 2 saturated heterocycles. The Morgan fingerprint density at radius 1 is 1.11 bits per heavy atom. The van der Waals surface area contributed by atoms with Gasteiger partial charge in [-0.3, -0.25) is 9.80 Å². The topological polar surface area (TPSA) is 18.5 Å². The second kappa shape index (κ2) is 5.89. The Balaban J connectivity index is 1.40. The fourth-order valence-electron chi connectivity index (χ4n) is 3.58. The summed E-state index contributed by atoms with van der Waals surface area (Å²) in [6.45, 7) is 10.1. The minimum Gasteiger partial charge on any atom is -0.315 e. The lowest BCUT2D eigenvalue weighted by atomic mass is 9.97. The van der Waals surface area contributed by atoms with Crippen LogP contribution < -0.4 is 5.32 Å². The second-order valence-corrected chi connectivity index (χ2v) is 6.64. The van der Waals surface area contributed by atoms with E-state index in [1.807, 2.05) is 0 Å². The molecule has 3 nitrogen and oxygen atoms in total. The van der Waals surface area contributed by atoms with Gasteiger partial charge < -0.3 is 5.32 Å². The minimum atomic E-state index is 0.752. The summed E-state index contributed by atoms with van der Waals surface area (Å²) in [4.78, 5) is 5.45. The SMILES string of the molecule is CC1CN2CCCCC2CN1CCNCC1CC1. The highest BCUT2D eigenvalue weighted by molar-refractivity contribution is 4.89. The van der Waals surface area contributed by atoms with Gasteiger partial charge in [0.05, 0.1) is 0 Å². The second-order valence-electron chi connectivity index (χ2n) is 6.64. The summed E-state index contributed by atoms with van der Waals surface area (Å²) in [5, 5.41) is 3.63. The zero-order chi connectivity index (χ0) is 12.4. The number of nitrogens with zero attached hydrogens (tertiary/aromatic N) is 2. The highest BCUT2D eigenvalue weighted by atomic mass is 15.3. The molecule has 3 fully saturated rings. The van der Waals surface area contributed by atoms with Crippen molar-refractivity contribution in [2.75, 3.05) is 39.3 Å². The molecule has 104 valence electrons. The molecule has 0 aromatic heterocycles. The molecule has 0 radical (unpaired) electrons. The molecule has 3 heteroatoms. The molecule has 0 aromatic rings. The van der Waals surface area contributed by atoms with Crippen LogP contribution >= 0.6 is 0 Å². The minimum absolute atomic E-state index is 0.752. The lowest BCUT2D eigenvalue weighted by Crippen LogP contribution is -2.59. The van der Waals surface area contributed by atoms with Gasteiger partial charge in [-0.05, 0) is 51.6 Å². The summed E-state index contributed by atoms with van der Waals surface area (Å²) < 4.78 is 0. The van der Waals surface area contributed by atoms with Crippen molar-refractivity contribution < 1.29 is 0 Å². The Morgan fingerprint density at radius 3 is 2.83 bits per heavy atom. The van der Waals surface area contributed by atoms with Crippen LogP contribution in [0.4, 0.5) is 0 Å². The zero-order valence-corrected chi connectivity index (χ0v) is 11.9. The fraction of sp³-hybridized carbons (Fsp3) is 1.00. The van der Waals surface area contributed by atoms with Gasteiger partial charge in [0.15, 0.2) is 0 Å². The third-order valence-corrected chi connectivity index (χ3v) is 5.02. The standard InChI is InChI=1S/C15H29N3/c1-13-11-18-8-3-2-4-15(18)12-17(13)9-7-16-10-14-5-6-14/h13-16H,2-12H2,1H3. The van der Waals surface area contributed by atoms with Gasteiger partial charge >= 0.3 is 0 Å². The van der Waals surface area contributed by atoms with E-state index in [0.29, 0.717) is 0 Å². The molecular formula is C15H29N3. The third kappa shape index (κ3) is 3.25. The van der Waals surface area contributed by atoms with Crippen LogP contribution in [0.2, 0.25) is 0 Å². The van der Waals surface area contributed by atoms with E-state index in [1.54, 1.807) is 0 Å². The number of piperazine rings is 1. The Morgan fingerprint density at radius 2 is 2.00 bits per heavy atom. The van der Waals surface area contributed by atoms with Gasteiger partial charge in [-0.15, -0.1) is 0 Å². The number of fused-ring (bicyclic) bond motifs is 1. The Labute approximate surface area is 112 Å². The van der Waals surface area contributed by atoms with Crippen molar-refractivity contribution in [1.82, 2.24) is 15.1 Å². The van der Waals surface area contributed by atoms with Crippen molar-refractivity contribution in [1.29, 1.82) is 0 Å². The van der Waals surface area contributed by atoms with Crippen molar-refractivity contribution in [2.45, 2.75) is 51.1 Å². The van der Waals surface area contributed by atoms with Gasteiger partial charge in [-0.1, -0.05) is 6.42 Å². The molecule has 0 bridgehead atoms. The van der Waals surface area contributed by atoms with Crippen LogP contribution in [-0.2, 0) is 0 Å².